The molecule has 17 heavy (non-hydrogen) atoms. The fraction of sp³-hybridized carbons (Fsp3) is 0.417. The van der Waals surface area contributed by atoms with Crippen molar-refractivity contribution in [3.63, 3.8) is 0 Å². The third-order valence-electron chi connectivity index (χ3n) is 2.63. The highest BCUT2D eigenvalue weighted by atomic mass is 31.1. The number of carbonyl (C=O) groups excluding carboxylic acids is 1. The lowest BCUT2D eigenvalue weighted by molar-refractivity contribution is 0.101. The molecule has 0 aliphatic rings. The second kappa shape index (κ2) is 5.89. The Kier molecular flexibility index (Phi) is 4.79. The number of benzene rings is 1. The Morgan fingerprint density at radius 3 is 2.41 bits per heavy atom. The number of hydrogen-bond donors (Lipinski definition) is 1. The van der Waals surface area contributed by atoms with Crippen LogP contribution in [0.15, 0.2) is 12.1 Å². The van der Waals surface area contributed by atoms with Crippen molar-refractivity contribution in [2.45, 2.75) is 33.6 Å². The Balaban J connectivity index is 3.41. The fourth-order valence-electron chi connectivity index (χ4n) is 1.95. The summed E-state index contributed by atoms with van der Waals surface area (Å²) in [5, 5.41) is 0. The highest BCUT2D eigenvalue weighted by molar-refractivity contribution is 7.32. The molecule has 0 radical (unpaired) electrons. The van der Waals surface area contributed by atoms with Crippen LogP contribution in [0.2, 0.25) is 0 Å². The summed E-state index contributed by atoms with van der Waals surface area (Å²) in [6.45, 7) is 5.39. The molecule has 0 aromatic heterocycles. The Bertz CT molecular complexity index is 454. The summed E-state index contributed by atoms with van der Waals surface area (Å²) < 4.78 is 15.5. The molecule has 0 fully saturated rings. The zero-order valence-electron chi connectivity index (χ0n) is 10.2. The topological polar surface area (TPSA) is 63.6 Å². The van der Waals surface area contributed by atoms with Gasteiger partial charge in [-0.2, -0.15) is 0 Å². The van der Waals surface area contributed by atoms with Crippen molar-refractivity contribution in [2.75, 3.05) is 0 Å². The van der Waals surface area contributed by atoms with Crippen LogP contribution in [0.3, 0.4) is 0 Å². The maximum Gasteiger partial charge on any atom is 0.747 e. The lowest BCUT2D eigenvalue weighted by atomic mass is 9.94. The van der Waals surface area contributed by atoms with Gasteiger partial charge >= 0.3 is 8.25 Å². The van der Waals surface area contributed by atoms with Crippen molar-refractivity contribution < 1.29 is 18.8 Å². The molecule has 1 atom stereocenters. The molecule has 0 bridgehead atoms. The number of ketones is 1. The smallest absolute Gasteiger partial charge is 0.294 e. The predicted molar refractivity (Wildman–Crippen MR) is 65.7 cm³/mol. The van der Waals surface area contributed by atoms with Gasteiger partial charge in [0.2, 0.25) is 5.75 Å². The number of hydrogen-bond acceptors (Lipinski definition) is 3. The summed E-state index contributed by atoms with van der Waals surface area (Å²) in [5.41, 5.74) is 2.39. The van der Waals surface area contributed by atoms with Gasteiger partial charge in [0.05, 0.1) is 5.56 Å². The molecule has 1 N–H and O–H groups in total. The summed E-state index contributed by atoms with van der Waals surface area (Å²) in [6.07, 6.45) is 1.51. The molecule has 1 aromatic carbocycles. The maximum atomic E-state index is 11.6. The monoisotopic (exact) mass is 255 g/mol. The summed E-state index contributed by atoms with van der Waals surface area (Å²) in [7, 11) is -2.75. The Morgan fingerprint density at radius 1 is 1.35 bits per heavy atom. The standard InChI is InChI=1S/C12H15O4P/c1-4-9-6-7-11(16-17(14)15)12(8(3)13)10(9)5-2/h6-7H,4-5H2,1-3H3/p+1. The Hall–Kier alpha value is -1.25. The number of carbonyl (C=O) groups is 1. The molecule has 0 spiro atoms. The molecule has 1 unspecified atom stereocenters. The van der Waals surface area contributed by atoms with Crippen molar-refractivity contribution in [1.29, 1.82) is 0 Å². The van der Waals surface area contributed by atoms with Crippen LogP contribution >= 0.6 is 8.25 Å². The molecular weight excluding hydrogens is 239 g/mol. The van der Waals surface area contributed by atoms with Crippen LogP contribution in [0.4, 0.5) is 0 Å². The van der Waals surface area contributed by atoms with E-state index in [0.717, 1.165) is 17.5 Å². The zero-order valence-corrected chi connectivity index (χ0v) is 11.1. The molecule has 0 saturated heterocycles. The molecule has 1 aromatic rings. The van der Waals surface area contributed by atoms with E-state index in [2.05, 4.69) is 0 Å². The molecule has 92 valence electrons. The zero-order chi connectivity index (χ0) is 13.0. The fourth-order valence-corrected chi connectivity index (χ4v) is 2.27. The van der Waals surface area contributed by atoms with E-state index in [-0.39, 0.29) is 11.5 Å². The van der Waals surface area contributed by atoms with Crippen molar-refractivity contribution in [3.05, 3.63) is 28.8 Å². The summed E-state index contributed by atoms with van der Waals surface area (Å²) in [4.78, 5) is 20.4. The van der Waals surface area contributed by atoms with Crippen molar-refractivity contribution in [2.24, 2.45) is 0 Å². The molecule has 4 nitrogen and oxygen atoms in total. The first-order valence-electron chi connectivity index (χ1n) is 5.51. The van der Waals surface area contributed by atoms with Gasteiger partial charge < -0.3 is 0 Å². The lowest BCUT2D eigenvalue weighted by Gasteiger charge is -2.11. The normalized spacial score (nSPS) is 11.2. The van der Waals surface area contributed by atoms with E-state index in [0.29, 0.717) is 12.0 Å². The Labute approximate surface area is 102 Å². The van der Waals surface area contributed by atoms with E-state index in [1.54, 1.807) is 6.07 Å². The largest absolute Gasteiger partial charge is 0.747 e. The molecule has 0 saturated carbocycles. The molecule has 1 rings (SSSR count). The third kappa shape index (κ3) is 3.11. The van der Waals surface area contributed by atoms with Gasteiger partial charge in [0.25, 0.3) is 0 Å². The van der Waals surface area contributed by atoms with Gasteiger partial charge in [0.15, 0.2) is 5.78 Å². The van der Waals surface area contributed by atoms with E-state index in [4.69, 9.17) is 9.42 Å². The van der Waals surface area contributed by atoms with Crippen LogP contribution in [0.25, 0.3) is 0 Å². The van der Waals surface area contributed by atoms with Crippen molar-refractivity contribution >= 4 is 14.0 Å². The third-order valence-corrected chi connectivity index (χ3v) is 2.99. The van der Waals surface area contributed by atoms with Crippen LogP contribution in [0, 0.1) is 0 Å². The van der Waals surface area contributed by atoms with Crippen LogP contribution in [-0.4, -0.2) is 10.7 Å². The van der Waals surface area contributed by atoms with Gasteiger partial charge in [-0.3, -0.25) is 4.79 Å². The van der Waals surface area contributed by atoms with Gasteiger partial charge in [-0.05, 0) is 37.0 Å². The molecule has 0 heterocycles. The summed E-state index contributed by atoms with van der Waals surface area (Å²) in [6, 6.07) is 3.41. The quantitative estimate of drug-likeness (QED) is 0.648. The maximum absolute atomic E-state index is 11.6. The molecule has 0 aliphatic carbocycles. The van der Waals surface area contributed by atoms with E-state index in [1.807, 2.05) is 19.9 Å². The van der Waals surface area contributed by atoms with Crippen LogP contribution in [-0.2, 0) is 17.4 Å². The van der Waals surface area contributed by atoms with Crippen LogP contribution in [0.5, 0.6) is 5.75 Å². The van der Waals surface area contributed by atoms with Gasteiger partial charge in [-0.25, -0.2) is 4.52 Å². The highest BCUT2D eigenvalue weighted by Crippen LogP contribution is 2.32. The highest BCUT2D eigenvalue weighted by Gasteiger charge is 2.23. The number of rotatable bonds is 5. The minimum absolute atomic E-state index is 0.149. The second-order valence-corrected chi connectivity index (χ2v) is 4.33. The number of Topliss-reactive ketones (excluding diaryl/α,β-unsaturated/α-hetero) is 1. The average Bonchev–Trinajstić information content (AvgIpc) is 2.26. The second-order valence-electron chi connectivity index (χ2n) is 3.67. The van der Waals surface area contributed by atoms with Crippen LogP contribution in [0.1, 0.15) is 42.3 Å². The first-order chi connectivity index (χ1) is 8.01. The molecular formula is C12H16O4P+. The first kappa shape index (κ1) is 13.8. The van der Waals surface area contributed by atoms with Crippen molar-refractivity contribution in [1.82, 2.24) is 0 Å². The Morgan fingerprint density at radius 2 is 2.00 bits per heavy atom. The first-order valence-corrected chi connectivity index (χ1v) is 6.64. The van der Waals surface area contributed by atoms with E-state index >= 15 is 0 Å². The van der Waals surface area contributed by atoms with Gasteiger partial charge in [-0.1, -0.05) is 19.9 Å². The van der Waals surface area contributed by atoms with Crippen LogP contribution < -0.4 is 4.52 Å². The molecule has 5 heteroatoms. The van der Waals surface area contributed by atoms with Gasteiger partial charge in [0.1, 0.15) is 0 Å². The average molecular weight is 255 g/mol. The summed E-state index contributed by atoms with van der Waals surface area (Å²) >= 11 is 0. The minimum Gasteiger partial charge on any atom is -0.294 e. The van der Waals surface area contributed by atoms with E-state index in [1.165, 1.54) is 6.92 Å². The predicted octanol–water partition coefficient (Wildman–Crippen LogP) is 3.04. The van der Waals surface area contributed by atoms with E-state index in [9.17, 15) is 9.36 Å². The minimum atomic E-state index is -2.75. The van der Waals surface area contributed by atoms with Crippen molar-refractivity contribution in [3.8, 4) is 5.75 Å². The lowest BCUT2D eigenvalue weighted by Crippen LogP contribution is -2.05. The molecule has 0 amide bonds. The van der Waals surface area contributed by atoms with Gasteiger partial charge in [0, 0.05) is 4.57 Å². The van der Waals surface area contributed by atoms with Gasteiger partial charge in [-0.15, -0.1) is 4.89 Å². The number of aryl methyl sites for hydroxylation is 1. The summed E-state index contributed by atoms with van der Waals surface area (Å²) in [5.74, 6) is 0.0409. The SMILES string of the molecule is CCc1ccc(O[P+](=O)O)c(C(C)=O)c1CC. The molecule has 0 aliphatic heterocycles. The van der Waals surface area contributed by atoms with E-state index < -0.39 is 8.25 Å².